The average Bonchev–Trinajstić information content (AvgIpc) is 2.78. The van der Waals surface area contributed by atoms with Gasteiger partial charge in [-0.25, -0.2) is 4.98 Å². The molecule has 0 bridgehead atoms. The molecule has 1 saturated heterocycles. The highest BCUT2D eigenvalue weighted by Crippen LogP contribution is 2.30. The third-order valence-electron chi connectivity index (χ3n) is 3.27. The normalized spacial score (nSPS) is 16.5. The summed E-state index contributed by atoms with van der Waals surface area (Å²) >= 11 is 7.32. The van der Waals surface area contributed by atoms with Gasteiger partial charge in [-0.05, 0) is 38.8 Å². The van der Waals surface area contributed by atoms with E-state index in [0.29, 0.717) is 15.9 Å². The molecule has 0 spiro atoms. The van der Waals surface area contributed by atoms with Crippen molar-refractivity contribution < 1.29 is 0 Å². The summed E-state index contributed by atoms with van der Waals surface area (Å²) in [5.74, 6) is 0.708. The Morgan fingerprint density at radius 1 is 1.56 bits per heavy atom. The Morgan fingerprint density at radius 3 is 2.83 bits per heavy atom. The summed E-state index contributed by atoms with van der Waals surface area (Å²) in [5, 5.41) is 13.5. The molecule has 2 rings (SSSR count). The smallest absolute Gasteiger partial charge is 0.188 e. The van der Waals surface area contributed by atoms with Crippen LogP contribution in [0.15, 0.2) is 0 Å². The summed E-state index contributed by atoms with van der Waals surface area (Å²) in [6.07, 6.45) is 2.42. The van der Waals surface area contributed by atoms with E-state index < -0.39 is 0 Å². The van der Waals surface area contributed by atoms with Gasteiger partial charge >= 0.3 is 0 Å². The molecule has 6 heteroatoms. The van der Waals surface area contributed by atoms with Crippen LogP contribution in [0.2, 0.25) is 5.15 Å². The van der Waals surface area contributed by atoms with Gasteiger partial charge in [0.05, 0.1) is 0 Å². The van der Waals surface area contributed by atoms with E-state index in [4.69, 9.17) is 16.9 Å². The summed E-state index contributed by atoms with van der Waals surface area (Å²) in [6.45, 7) is 6.22. The maximum atomic E-state index is 8.92. The lowest BCUT2D eigenvalue weighted by Gasteiger charge is -2.29. The van der Waals surface area contributed by atoms with Crippen molar-refractivity contribution in [2.24, 2.45) is 5.92 Å². The molecule has 1 fully saturated rings. The lowest BCUT2D eigenvalue weighted by atomic mass is 9.98. The van der Waals surface area contributed by atoms with E-state index >= 15 is 0 Å². The molecule has 1 aliphatic heterocycles. The van der Waals surface area contributed by atoms with Crippen LogP contribution in [0, 0.1) is 17.2 Å². The third-order valence-corrected chi connectivity index (χ3v) is 4.67. The Hall–Kier alpha value is -0.830. The number of halogens is 1. The number of nitriles is 1. The van der Waals surface area contributed by atoms with Crippen molar-refractivity contribution in [1.82, 2.24) is 10.3 Å². The van der Waals surface area contributed by atoms with Gasteiger partial charge in [0.2, 0.25) is 0 Å². The van der Waals surface area contributed by atoms with E-state index in [1.54, 1.807) is 0 Å². The molecule has 1 aromatic rings. The van der Waals surface area contributed by atoms with Gasteiger partial charge in [-0.1, -0.05) is 22.9 Å². The van der Waals surface area contributed by atoms with Crippen LogP contribution in [0.5, 0.6) is 0 Å². The maximum absolute atomic E-state index is 8.92. The largest absolute Gasteiger partial charge is 0.348 e. The molecule has 0 amide bonds. The van der Waals surface area contributed by atoms with Crippen LogP contribution in [0.3, 0.4) is 0 Å². The molecule has 0 radical (unpaired) electrons. The number of thiazole rings is 1. The minimum atomic E-state index is 0.335. The number of piperidine rings is 1. The molecule has 0 unspecified atom stereocenters. The number of hydrogen-bond acceptors (Lipinski definition) is 5. The number of nitrogens with one attached hydrogen (secondary N) is 1. The van der Waals surface area contributed by atoms with Crippen molar-refractivity contribution in [1.29, 1.82) is 5.26 Å². The predicted octanol–water partition coefficient (Wildman–Crippen LogP) is 2.49. The summed E-state index contributed by atoms with van der Waals surface area (Å²) in [4.78, 5) is 7.03. The van der Waals surface area contributed by atoms with E-state index in [2.05, 4.69) is 28.2 Å². The van der Waals surface area contributed by atoms with E-state index in [9.17, 15) is 0 Å². The van der Waals surface area contributed by atoms with Gasteiger partial charge in [0.15, 0.2) is 10.3 Å². The minimum Gasteiger partial charge on any atom is -0.348 e. The molecule has 2 heterocycles. The van der Waals surface area contributed by atoms with Crippen molar-refractivity contribution in [3.05, 3.63) is 10.0 Å². The van der Waals surface area contributed by atoms with E-state index in [-0.39, 0.29) is 0 Å². The van der Waals surface area contributed by atoms with E-state index in [1.165, 1.54) is 24.2 Å². The zero-order chi connectivity index (χ0) is 13.0. The van der Waals surface area contributed by atoms with Crippen LogP contribution in [-0.4, -0.2) is 31.2 Å². The number of rotatable bonds is 4. The zero-order valence-corrected chi connectivity index (χ0v) is 12.0. The fraction of sp³-hybridized carbons (Fsp3) is 0.667. The molecule has 98 valence electrons. The standard InChI is InChI=1S/C12H17ClN4S/c1-2-17(8-9-3-5-15-6-4-9)12-16-11(13)10(7-14)18-12/h9,15H,2-6,8H2,1H3. The van der Waals surface area contributed by atoms with Gasteiger partial charge in [-0.2, -0.15) is 5.26 Å². The number of hydrogen-bond donors (Lipinski definition) is 1. The summed E-state index contributed by atoms with van der Waals surface area (Å²) in [7, 11) is 0. The Kier molecular flexibility index (Phi) is 4.81. The number of nitrogens with zero attached hydrogens (tertiary/aromatic N) is 3. The van der Waals surface area contributed by atoms with Gasteiger partial charge in [-0.15, -0.1) is 0 Å². The van der Waals surface area contributed by atoms with Gasteiger partial charge in [-0.3, -0.25) is 0 Å². The molecule has 0 aliphatic carbocycles. The van der Waals surface area contributed by atoms with Gasteiger partial charge in [0.1, 0.15) is 10.9 Å². The zero-order valence-electron chi connectivity index (χ0n) is 10.4. The first-order valence-corrected chi connectivity index (χ1v) is 7.46. The highest BCUT2D eigenvalue weighted by Gasteiger charge is 2.19. The first kappa shape index (κ1) is 13.6. The van der Waals surface area contributed by atoms with E-state index in [1.807, 2.05) is 0 Å². The fourth-order valence-electron chi connectivity index (χ4n) is 2.21. The van der Waals surface area contributed by atoms with Crippen molar-refractivity contribution in [2.75, 3.05) is 31.1 Å². The second-order valence-electron chi connectivity index (χ2n) is 4.46. The monoisotopic (exact) mass is 284 g/mol. The van der Waals surface area contributed by atoms with Crippen LogP contribution < -0.4 is 10.2 Å². The summed E-state index contributed by atoms with van der Waals surface area (Å²) in [6, 6.07) is 2.09. The molecule has 1 aliphatic rings. The molecule has 1 N–H and O–H groups in total. The Labute approximate surface area is 117 Å². The van der Waals surface area contributed by atoms with Gasteiger partial charge in [0, 0.05) is 13.1 Å². The molecule has 0 saturated carbocycles. The molecule has 1 aromatic heterocycles. The third kappa shape index (κ3) is 3.14. The summed E-state index contributed by atoms with van der Waals surface area (Å²) < 4.78 is 0. The number of aromatic nitrogens is 1. The van der Waals surface area contributed by atoms with Crippen LogP contribution in [0.1, 0.15) is 24.6 Å². The maximum Gasteiger partial charge on any atom is 0.188 e. The van der Waals surface area contributed by atoms with Gasteiger partial charge < -0.3 is 10.2 Å². The highest BCUT2D eigenvalue weighted by atomic mass is 35.5. The molecular formula is C12H17ClN4S. The van der Waals surface area contributed by atoms with Crippen molar-refractivity contribution in [3.8, 4) is 6.07 Å². The van der Waals surface area contributed by atoms with Crippen LogP contribution in [0.4, 0.5) is 5.13 Å². The quantitative estimate of drug-likeness (QED) is 0.923. The molecule has 4 nitrogen and oxygen atoms in total. The first-order valence-electron chi connectivity index (χ1n) is 6.26. The minimum absolute atomic E-state index is 0.335. The van der Waals surface area contributed by atoms with E-state index in [0.717, 1.165) is 31.3 Å². The second kappa shape index (κ2) is 6.37. The lowest BCUT2D eigenvalue weighted by molar-refractivity contribution is 0.374. The van der Waals surface area contributed by atoms with Crippen molar-refractivity contribution in [2.45, 2.75) is 19.8 Å². The SMILES string of the molecule is CCN(CC1CCNCC1)c1nc(Cl)c(C#N)s1. The Morgan fingerprint density at radius 2 is 2.28 bits per heavy atom. The van der Waals surface area contributed by atoms with Gasteiger partial charge in [0.25, 0.3) is 0 Å². The number of anilines is 1. The van der Waals surface area contributed by atoms with Crippen molar-refractivity contribution >= 4 is 28.1 Å². The van der Waals surface area contributed by atoms with Crippen LogP contribution in [0.25, 0.3) is 0 Å². The average molecular weight is 285 g/mol. The summed E-state index contributed by atoms with van der Waals surface area (Å²) in [5.41, 5.74) is 0. The molecule has 18 heavy (non-hydrogen) atoms. The Balaban J connectivity index is 2.05. The fourth-order valence-corrected chi connectivity index (χ4v) is 3.33. The topological polar surface area (TPSA) is 52.0 Å². The molecular weight excluding hydrogens is 268 g/mol. The first-order chi connectivity index (χ1) is 8.74. The predicted molar refractivity (Wildman–Crippen MR) is 75.3 cm³/mol. The Bertz CT molecular complexity index is 434. The van der Waals surface area contributed by atoms with Crippen LogP contribution >= 0.6 is 22.9 Å². The van der Waals surface area contributed by atoms with Crippen molar-refractivity contribution in [3.63, 3.8) is 0 Å². The molecule has 0 aromatic carbocycles. The second-order valence-corrected chi connectivity index (χ2v) is 5.80. The lowest BCUT2D eigenvalue weighted by Crippen LogP contribution is -2.36. The molecule has 0 atom stereocenters. The van der Waals surface area contributed by atoms with Crippen LogP contribution in [-0.2, 0) is 0 Å². The highest BCUT2D eigenvalue weighted by molar-refractivity contribution is 7.16.